The normalized spacial score (nSPS) is 10.2. The van der Waals surface area contributed by atoms with Gasteiger partial charge in [-0.1, -0.05) is 69.4 Å². The van der Waals surface area contributed by atoms with Crippen molar-refractivity contribution < 1.29 is 92.9 Å². The summed E-state index contributed by atoms with van der Waals surface area (Å²) < 4.78 is 0. The van der Waals surface area contributed by atoms with Crippen LogP contribution in [0.1, 0.15) is 53.9 Å². The Labute approximate surface area is 189 Å². The average Bonchev–Trinajstić information content (AvgIpc) is 2.43. The number of carboxylic acid groups (broad SMARTS) is 2. The third-order valence-electron chi connectivity index (χ3n) is 3.65. The van der Waals surface area contributed by atoms with Gasteiger partial charge in [0.15, 0.2) is 5.41 Å². The van der Waals surface area contributed by atoms with Crippen LogP contribution in [-0.2, 0) is 15.0 Å². The molecule has 0 bridgehead atoms. The molecule has 1 aromatic rings. The molecule has 0 saturated carbocycles. The van der Waals surface area contributed by atoms with E-state index in [1.54, 1.807) is 30.3 Å². The zero-order valence-corrected chi connectivity index (χ0v) is 17.0. The molecule has 1 rings (SSSR count). The van der Waals surface area contributed by atoms with Crippen molar-refractivity contribution in [1.29, 1.82) is 0 Å². The third kappa shape index (κ3) is 6.48. The second kappa shape index (κ2) is 12.8. The fourth-order valence-electron chi connectivity index (χ4n) is 2.41. The van der Waals surface area contributed by atoms with E-state index in [4.69, 9.17) is 0 Å². The number of unbranched alkanes of at least 4 members (excludes halogenated alkanes) is 4. The van der Waals surface area contributed by atoms with E-state index in [1.165, 1.54) is 0 Å². The molecular formula is C16H24KLiO4. The summed E-state index contributed by atoms with van der Waals surface area (Å²) in [4.78, 5) is 23.2. The first-order valence-electron chi connectivity index (χ1n) is 7.08. The monoisotopic (exact) mass is 326 g/mol. The molecule has 114 valence electrons. The minimum atomic E-state index is -1.83. The van der Waals surface area contributed by atoms with Crippen molar-refractivity contribution in [3.63, 3.8) is 0 Å². The summed E-state index contributed by atoms with van der Waals surface area (Å²) in [6.07, 6.45) is 4.81. The van der Waals surface area contributed by atoms with E-state index in [0.29, 0.717) is 12.0 Å². The molecule has 0 radical (unpaired) electrons. The van der Waals surface area contributed by atoms with Crippen molar-refractivity contribution in [3.05, 3.63) is 35.9 Å². The van der Waals surface area contributed by atoms with Crippen LogP contribution in [0.25, 0.3) is 0 Å². The molecule has 0 atom stereocenters. The number of hydrogen-bond donors (Lipinski definition) is 2. The maximum atomic E-state index is 11.6. The predicted molar refractivity (Wildman–Crippen MR) is 79.0 cm³/mol. The quantitative estimate of drug-likeness (QED) is 0.304. The molecule has 0 aromatic heterocycles. The molecule has 0 aliphatic carbocycles. The average molecular weight is 326 g/mol. The Morgan fingerprint density at radius 3 is 1.95 bits per heavy atom. The summed E-state index contributed by atoms with van der Waals surface area (Å²) in [7, 11) is 0. The fraction of sp³-hybridized carbons (Fsp3) is 0.500. The largest absolute Gasteiger partial charge is 1.00 e. The SMILES string of the molecule is CCCCCCCC(C(=O)O)(C(=O)O)c1ccccc1.[H-].[H-].[K+].[Li+]. The van der Waals surface area contributed by atoms with Crippen LogP contribution in [0.5, 0.6) is 0 Å². The molecular weight excluding hydrogens is 302 g/mol. The van der Waals surface area contributed by atoms with E-state index >= 15 is 0 Å². The summed E-state index contributed by atoms with van der Waals surface area (Å²) in [6, 6.07) is 8.25. The van der Waals surface area contributed by atoms with Gasteiger partial charge >= 0.3 is 82.2 Å². The van der Waals surface area contributed by atoms with Gasteiger partial charge in [-0.05, 0) is 12.0 Å². The van der Waals surface area contributed by atoms with Crippen molar-refractivity contribution in [2.24, 2.45) is 0 Å². The molecule has 0 spiro atoms. The van der Waals surface area contributed by atoms with Crippen LogP contribution in [0.15, 0.2) is 30.3 Å². The first-order chi connectivity index (χ1) is 9.55. The van der Waals surface area contributed by atoms with E-state index in [0.717, 1.165) is 25.7 Å². The Morgan fingerprint density at radius 1 is 1.00 bits per heavy atom. The van der Waals surface area contributed by atoms with Crippen molar-refractivity contribution in [2.75, 3.05) is 0 Å². The fourth-order valence-corrected chi connectivity index (χ4v) is 2.41. The van der Waals surface area contributed by atoms with Gasteiger partial charge in [0.2, 0.25) is 0 Å². The van der Waals surface area contributed by atoms with Gasteiger partial charge in [0.25, 0.3) is 0 Å². The Kier molecular flexibility index (Phi) is 14.3. The molecule has 0 amide bonds. The van der Waals surface area contributed by atoms with E-state index in [-0.39, 0.29) is 79.5 Å². The van der Waals surface area contributed by atoms with Gasteiger partial charge in [0, 0.05) is 0 Å². The van der Waals surface area contributed by atoms with E-state index in [1.807, 2.05) is 0 Å². The van der Waals surface area contributed by atoms with Crippen molar-refractivity contribution >= 4 is 11.9 Å². The molecule has 0 unspecified atom stereocenters. The summed E-state index contributed by atoms with van der Waals surface area (Å²) in [6.45, 7) is 2.10. The number of rotatable bonds is 9. The maximum Gasteiger partial charge on any atom is 1.00 e. The topological polar surface area (TPSA) is 74.6 Å². The standard InChI is InChI=1S/C16H22O4.K.Li.2H/c1-2-3-4-5-9-12-16(14(17)18,15(19)20)13-10-7-6-8-11-13;;;;/h6-8,10-11H,2-5,9,12H2,1H3,(H,17,18)(H,19,20);;;;/q;2*+1;2*-1. The van der Waals surface area contributed by atoms with Gasteiger partial charge < -0.3 is 13.1 Å². The minimum Gasteiger partial charge on any atom is -1.00 e. The molecule has 0 heterocycles. The molecule has 0 aliphatic heterocycles. The van der Waals surface area contributed by atoms with Crippen LogP contribution in [0.2, 0.25) is 0 Å². The number of benzene rings is 1. The summed E-state index contributed by atoms with van der Waals surface area (Å²) >= 11 is 0. The van der Waals surface area contributed by atoms with E-state index in [9.17, 15) is 19.8 Å². The molecule has 4 nitrogen and oxygen atoms in total. The number of carboxylic acids is 2. The van der Waals surface area contributed by atoms with Crippen LogP contribution in [0, 0.1) is 0 Å². The molecule has 22 heavy (non-hydrogen) atoms. The molecule has 1 aromatic carbocycles. The zero-order valence-electron chi connectivity index (χ0n) is 15.8. The van der Waals surface area contributed by atoms with Crippen molar-refractivity contribution in [1.82, 2.24) is 0 Å². The number of hydrogen-bond acceptors (Lipinski definition) is 2. The van der Waals surface area contributed by atoms with Crippen LogP contribution in [0.3, 0.4) is 0 Å². The molecule has 0 aliphatic rings. The summed E-state index contributed by atoms with van der Waals surface area (Å²) in [5.41, 5.74) is -1.48. The Balaban J connectivity index is -0.000000500. The second-order valence-corrected chi connectivity index (χ2v) is 5.05. The van der Waals surface area contributed by atoms with Crippen LogP contribution in [-0.4, -0.2) is 22.2 Å². The molecule has 0 fully saturated rings. The van der Waals surface area contributed by atoms with Gasteiger partial charge in [-0.3, -0.25) is 9.59 Å². The molecule has 6 heteroatoms. The van der Waals surface area contributed by atoms with Crippen LogP contribution >= 0.6 is 0 Å². The summed E-state index contributed by atoms with van der Waals surface area (Å²) in [5.74, 6) is -2.57. The number of aliphatic carboxylic acids is 2. The van der Waals surface area contributed by atoms with Crippen molar-refractivity contribution in [3.8, 4) is 0 Å². The first kappa shape index (κ1) is 24.6. The Morgan fingerprint density at radius 2 is 1.50 bits per heavy atom. The Hall–Kier alpha value is 0.394. The Bertz CT molecular complexity index is 447. The number of carbonyl (C=O) groups is 2. The zero-order chi connectivity index (χ0) is 15.0. The second-order valence-electron chi connectivity index (χ2n) is 5.05. The molecule has 2 N–H and O–H groups in total. The first-order valence-corrected chi connectivity index (χ1v) is 7.08. The van der Waals surface area contributed by atoms with Gasteiger partial charge in [-0.2, -0.15) is 0 Å². The van der Waals surface area contributed by atoms with Gasteiger partial charge in [-0.15, -0.1) is 0 Å². The molecule has 0 saturated heterocycles. The maximum absolute atomic E-state index is 11.6. The van der Waals surface area contributed by atoms with E-state index in [2.05, 4.69) is 6.92 Å². The van der Waals surface area contributed by atoms with Crippen molar-refractivity contribution in [2.45, 2.75) is 50.9 Å². The van der Waals surface area contributed by atoms with E-state index < -0.39 is 17.4 Å². The van der Waals surface area contributed by atoms with Gasteiger partial charge in [-0.25, -0.2) is 0 Å². The predicted octanol–water partition coefficient (Wildman–Crippen LogP) is -2.31. The third-order valence-corrected chi connectivity index (χ3v) is 3.65. The van der Waals surface area contributed by atoms with Crippen LogP contribution < -0.4 is 70.2 Å². The minimum absolute atomic E-state index is 0. The van der Waals surface area contributed by atoms with Gasteiger partial charge in [0.1, 0.15) is 0 Å². The summed E-state index contributed by atoms with van der Waals surface area (Å²) in [5, 5.41) is 18.9. The smallest absolute Gasteiger partial charge is 1.00 e. The van der Waals surface area contributed by atoms with Gasteiger partial charge in [0.05, 0.1) is 0 Å². The van der Waals surface area contributed by atoms with Crippen LogP contribution in [0.4, 0.5) is 0 Å².